The molecule has 1 fully saturated rings. The largest absolute Gasteiger partial charge is 0.356 e. The molecule has 0 aliphatic heterocycles. The van der Waals surface area contributed by atoms with Crippen LogP contribution in [0.15, 0.2) is 40.2 Å². The highest BCUT2D eigenvalue weighted by Crippen LogP contribution is 2.51. The van der Waals surface area contributed by atoms with Crippen molar-refractivity contribution in [2.45, 2.75) is 28.9 Å². The fourth-order valence-corrected chi connectivity index (χ4v) is 3.41. The molecule has 0 unspecified atom stereocenters. The molecule has 1 aromatic rings. The molecule has 1 aliphatic rings. The van der Waals surface area contributed by atoms with E-state index in [1.165, 1.54) is 17.7 Å². The van der Waals surface area contributed by atoms with E-state index in [1.807, 2.05) is 17.8 Å². The SMILES string of the molecule is CN=C(NCCC(=O)N(C)C)NCC1(Sc2ccccc2)CC1.I. The Balaban J connectivity index is 0.00000288. The van der Waals surface area contributed by atoms with Gasteiger partial charge in [-0.2, -0.15) is 0 Å². The first-order valence-electron chi connectivity index (χ1n) is 7.93. The van der Waals surface area contributed by atoms with E-state index in [9.17, 15) is 4.79 Å². The van der Waals surface area contributed by atoms with Crippen LogP contribution >= 0.6 is 35.7 Å². The van der Waals surface area contributed by atoms with Crippen molar-refractivity contribution in [1.82, 2.24) is 15.5 Å². The Labute approximate surface area is 166 Å². The van der Waals surface area contributed by atoms with Crippen molar-refractivity contribution in [3.8, 4) is 0 Å². The summed E-state index contributed by atoms with van der Waals surface area (Å²) in [6.07, 6.45) is 2.91. The molecule has 0 heterocycles. The standard InChI is InChI=1S/C17H26N4OS.HI/c1-18-16(19-12-9-15(22)21(2)3)20-13-17(10-11-17)23-14-7-5-4-6-8-14;/h4-8H,9-13H2,1-3H3,(H2,18,19,20);1H. The van der Waals surface area contributed by atoms with Gasteiger partial charge in [0.1, 0.15) is 0 Å². The molecule has 0 bridgehead atoms. The number of benzene rings is 1. The maximum absolute atomic E-state index is 11.6. The Bertz CT molecular complexity index is 547. The van der Waals surface area contributed by atoms with E-state index in [2.05, 4.69) is 39.9 Å². The molecule has 0 aromatic heterocycles. The number of carbonyl (C=O) groups excluding carboxylic acids is 1. The molecule has 0 spiro atoms. The molecule has 0 saturated heterocycles. The molecular formula is C17H27IN4OS. The van der Waals surface area contributed by atoms with Gasteiger partial charge in [0.05, 0.1) is 0 Å². The monoisotopic (exact) mass is 462 g/mol. The second-order valence-electron chi connectivity index (χ2n) is 5.99. The van der Waals surface area contributed by atoms with Gasteiger partial charge < -0.3 is 15.5 Å². The van der Waals surface area contributed by atoms with E-state index in [4.69, 9.17) is 0 Å². The summed E-state index contributed by atoms with van der Waals surface area (Å²) in [7, 11) is 5.30. The van der Waals surface area contributed by atoms with Crippen LogP contribution in [0, 0.1) is 0 Å². The normalized spacial score (nSPS) is 15.2. The summed E-state index contributed by atoms with van der Waals surface area (Å²) in [4.78, 5) is 18.7. The summed E-state index contributed by atoms with van der Waals surface area (Å²) in [5.74, 6) is 0.878. The fourth-order valence-electron chi connectivity index (χ4n) is 2.17. The first kappa shape index (κ1) is 21.1. The third-order valence-electron chi connectivity index (χ3n) is 3.82. The van der Waals surface area contributed by atoms with E-state index < -0.39 is 0 Å². The first-order chi connectivity index (χ1) is 11.0. The lowest BCUT2D eigenvalue weighted by Gasteiger charge is -2.18. The predicted molar refractivity (Wildman–Crippen MR) is 112 cm³/mol. The van der Waals surface area contributed by atoms with Crippen molar-refractivity contribution in [1.29, 1.82) is 0 Å². The second-order valence-corrected chi connectivity index (χ2v) is 7.53. The lowest BCUT2D eigenvalue weighted by Crippen LogP contribution is -2.42. The van der Waals surface area contributed by atoms with Crippen LogP contribution in [0.1, 0.15) is 19.3 Å². The van der Waals surface area contributed by atoms with E-state index in [-0.39, 0.29) is 34.6 Å². The van der Waals surface area contributed by atoms with Crippen molar-refractivity contribution in [2.75, 3.05) is 34.2 Å². The van der Waals surface area contributed by atoms with E-state index in [0.717, 1.165) is 12.5 Å². The van der Waals surface area contributed by atoms with Crippen molar-refractivity contribution in [2.24, 2.45) is 4.99 Å². The molecule has 1 amide bonds. The van der Waals surface area contributed by atoms with Crippen LogP contribution in [0.5, 0.6) is 0 Å². The zero-order chi connectivity index (χ0) is 16.7. The molecular weight excluding hydrogens is 435 g/mol. The van der Waals surface area contributed by atoms with Gasteiger partial charge in [-0.15, -0.1) is 35.7 Å². The molecule has 1 aliphatic carbocycles. The highest BCUT2D eigenvalue weighted by Gasteiger charge is 2.43. The number of aliphatic imine (C=N–C) groups is 1. The number of rotatable bonds is 7. The minimum absolute atomic E-state index is 0. The first-order valence-corrected chi connectivity index (χ1v) is 8.75. The lowest BCUT2D eigenvalue weighted by molar-refractivity contribution is -0.128. The van der Waals surface area contributed by atoms with Gasteiger partial charge in [0.15, 0.2) is 5.96 Å². The van der Waals surface area contributed by atoms with Gasteiger partial charge in [-0.3, -0.25) is 9.79 Å². The Morgan fingerprint density at radius 3 is 2.46 bits per heavy atom. The second kappa shape index (κ2) is 10.1. The molecule has 2 N–H and O–H groups in total. The number of nitrogens with zero attached hydrogens (tertiary/aromatic N) is 2. The smallest absolute Gasteiger partial charge is 0.223 e. The van der Waals surface area contributed by atoms with Crippen LogP contribution in [-0.2, 0) is 4.79 Å². The van der Waals surface area contributed by atoms with Gasteiger partial charge in [0, 0.05) is 50.3 Å². The van der Waals surface area contributed by atoms with Crippen LogP contribution in [-0.4, -0.2) is 55.7 Å². The number of hydrogen-bond donors (Lipinski definition) is 2. The topological polar surface area (TPSA) is 56.7 Å². The molecule has 2 rings (SSSR count). The summed E-state index contributed by atoms with van der Waals surface area (Å²) in [5.41, 5.74) is 0. The molecule has 1 aromatic carbocycles. The third kappa shape index (κ3) is 6.88. The van der Waals surface area contributed by atoms with Gasteiger partial charge >= 0.3 is 0 Å². The van der Waals surface area contributed by atoms with Gasteiger partial charge in [0.2, 0.25) is 5.91 Å². The number of carbonyl (C=O) groups is 1. The number of hydrogen-bond acceptors (Lipinski definition) is 3. The van der Waals surface area contributed by atoms with Gasteiger partial charge in [-0.25, -0.2) is 0 Å². The Kier molecular flexibility index (Phi) is 8.90. The fraction of sp³-hybridized carbons (Fsp3) is 0.529. The number of amides is 1. The van der Waals surface area contributed by atoms with Gasteiger partial charge in [0.25, 0.3) is 0 Å². The highest BCUT2D eigenvalue weighted by atomic mass is 127. The zero-order valence-electron chi connectivity index (χ0n) is 14.5. The number of halogens is 1. The highest BCUT2D eigenvalue weighted by molar-refractivity contribution is 14.0. The summed E-state index contributed by atoms with van der Waals surface area (Å²) in [6.45, 7) is 1.48. The van der Waals surface area contributed by atoms with E-state index in [0.29, 0.717) is 13.0 Å². The van der Waals surface area contributed by atoms with Gasteiger partial charge in [-0.05, 0) is 25.0 Å². The molecule has 0 radical (unpaired) electrons. The number of nitrogens with one attached hydrogen (secondary N) is 2. The number of guanidine groups is 1. The van der Waals surface area contributed by atoms with Crippen LogP contribution in [0.2, 0.25) is 0 Å². The van der Waals surface area contributed by atoms with Crippen molar-refractivity contribution < 1.29 is 4.79 Å². The van der Waals surface area contributed by atoms with E-state index >= 15 is 0 Å². The van der Waals surface area contributed by atoms with Gasteiger partial charge in [-0.1, -0.05) is 18.2 Å². The molecule has 7 heteroatoms. The maximum atomic E-state index is 11.6. The minimum atomic E-state index is 0. The average Bonchev–Trinajstić information content (AvgIpc) is 3.31. The number of thioether (sulfide) groups is 1. The van der Waals surface area contributed by atoms with Crippen LogP contribution in [0.25, 0.3) is 0 Å². The van der Waals surface area contributed by atoms with Crippen LogP contribution in [0.3, 0.4) is 0 Å². The summed E-state index contributed by atoms with van der Waals surface area (Å²) in [5, 5.41) is 6.59. The van der Waals surface area contributed by atoms with E-state index in [1.54, 1.807) is 26.0 Å². The minimum Gasteiger partial charge on any atom is -0.356 e. The summed E-state index contributed by atoms with van der Waals surface area (Å²) >= 11 is 1.94. The molecule has 5 nitrogen and oxygen atoms in total. The average molecular weight is 462 g/mol. The Morgan fingerprint density at radius 1 is 1.25 bits per heavy atom. The van der Waals surface area contributed by atoms with Crippen LogP contribution in [0.4, 0.5) is 0 Å². The van der Waals surface area contributed by atoms with Crippen molar-refractivity contribution in [3.05, 3.63) is 30.3 Å². The quantitative estimate of drug-likeness (QED) is 0.372. The maximum Gasteiger partial charge on any atom is 0.223 e. The zero-order valence-corrected chi connectivity index (χ0v) is 17.7. The molecule has 0 atom stereocenters. The Morgan fingerprint density at radius 2 is 1.92 bits per heavy atom. The predicted octanol–water partition coefficient (Wildman–Crippen LogP) is 2.57. The molecule has 134 valence electrons. The van der Waals surface area contributed by atoms with Crippen LogP contribution < -0.4 is 10.6 Å². The Hall–Kier alpha value is -0.960. The third-order valence-corrected chi connectivity index (χ3v) is 5.31. The lowest BCUT2D eigenvalue weighted by atomic mass is 10.4. The molecule has 1 saturated carbocycles. The summed E-state index contributed by atoms with van der Waals surface area (Å²) in [6, 6.07) is 10.5. The summed E-state index contributed by atoms with van der Waals surface area (Å²) < 4.78 is 0.276. The van der Waals surface area contributed by atoms with Crippen molar-refractivity contribution >= 4 is 47.6 Å². The molecule has 24 heavy (non-hydrogen) atoms. The van der Waals surface area contributed by atoms with Crippen molar-refractivity contribution in [3.63, 3.8) is 0 Å².